The number of piperidine rings is 1. The fourth-order valence-electron chi connectivity index (χ4n) is 5.28. The Bertz CT molecular complexity index is 1140. The lowest BCUT2D eigenvalue weighted by Crippen LogP contribution is -2.50. The van der Waals surface area contributed by atoms with Crippen LogP contribution in [0.3, 0.4) is 0 Å². The number of benzene rings is 2. The normalized spacial score (nSPS) is 16.4. The number of fused-ring (bicyclic) bond motifs is 1. The molecule has 2 aliphatic rings. The summed E-state index contributed by atoms with van der Waals surface area (Å²) in [4.78, 5) is 41.5. The summed E-state index contributed by atoms with van der Waals surface area (Å²) in [5, 5.41) is 2.84. The van der Waals surface area contributed by atoms with Gasteiger partial charge in [-0.3, -0.25) is 14.4 Å². The van der Waals surface area contributed by atoms with Crippen molar-refractivity contribution in [3.05, 3.63) is 72.3 Å². The number of hydrogen-bond acceptors (Lipinski definition) is 5. The van der Waals surface area contributed by atoms with Gasteiger partial charge in [-0.05, 0) is 80.8 Å². The highest BCUT2D eigenvalue weighted by atomic mass is 16.5. The molecule has 1 saturated heterocycles. The van der Waals surface area contributed by atoms with E-state index in [0.29, 0.717) is 44.6 Å². The summed E-state index contributed by atoms with van der Waals surface area (Å²) in [6, 6.07) is 15.1. The fraction of sp³-hybridized carbons (Fsp3) is 0.452. The van der Waals surface area contributed by atoms with Gasteiger partial charge in [-0.15, -0.1) is 6.58 Å². The maximum absolute atomic E-state index is 13.1. The van der Waals surface area contributed by atoms with Gasteiger partial charge in [-0.2, -0.15) is 0 Å². The van der Waals surface area contributed by atoms with E-state index in [9.17, 15) is 14.4 Å². The number of amides is 3. The maximum Gasteiger partial charge on any atom is 0.253 e. The van der Waals surface area contributed by atoms with Crippen LogP contribution >= 0.6 is 0 Å². The van der Waals surface area contributed by atoms with Crippen LogP contribution in [0.5, 0.6) is 5.75 Å². The van der Waals surface area contributed by atoms with Gasteiger partial charge >= 0.3 is 0 Å². The highest BCUT2D eigenvalue weighted by Crippen LogP contribution is 2.32. The molecule has 3 amide bonds. The van der Waals surface area contributed by atoms with E-state index in [0.717, 1.165) is 50.0 Å². The largest absolute Gasteiger partial charge is 0.494 e. The smallest absolute Gasteiger partial charge is 0.253 e. The summed E-state index contributed by atoms with van der Waals surface area (Å²) in [7, 11) is 0. The molecule has 2 aromatic rings. The number of aryl methyl sites for hydroxylation is 1. The number of carbonyl (C=O) groups excluding carboxylic acids is 3. The lowest BCUT2D eigenvalue weighted by molar-refractivity contribution is -0.122. The van der Waals surface area contributed by atoms with Crippen molar-refractivity contribution < 1.29 is 19.1 Å². The van der Waals surface area contributed by atoms with Gasteiger partial charge in [0.2, 0.25) is 11.8 Å². The third-order valence-corrected chi connectivity index (χ3v) is 7.49. The molecule has 0 spiro atoms. The Labute approximate surface area is 231 Å². The van der Waals surface area contributed by atoms with Gasteiger partial charge in [0.05, 0.1) is 12.6 Å². The number of nitrogens with one attached hydrogen (secondary N) is 1. The molecule has 0 radical (unpaired) electrons. The van der Waals surface area contributed by atoms with Crippen molar-refractivity contribution in [3.63, 3.8) is 0 Å². The standard InChI is InChI=1S/C31H40N4O4/c1-2-8-27(32)30(37)33-19-6-3-7-22-39-26-14-11-24(12-15-26)31(38)34-20-17-25(18-21-34)35-28-10-5-4-9-23(28)13-16-29(35)36/h2,4-5,9-12,14-15,25,27H,1,3,6-8,13,16-22,32H2,(H,33,37). The fourth-order valence-corrected chi connectivity index (χ4v) is 5.28. The predicted molar refractivity (Wildman–Crippen MR) is 153 cm³/mol. The van der Waals surface area contributed by atoms with Gasteiger partial charge in [0.1, 0.15) is 5.75 Å². The molecule has 2 aromatic carbocycles. The molecule has 208 valence electrons. The van der Waals surface area contributed by atoms with Gasteiger partial charge in [0.25, 0.3) is 5.91 Å². The molecule has 2 heterocycles. The van der Waals surface area contributed by atoms with Crippen molar-refractivity contribution in [2.75, 3.05) is 31.1 Å². The number of rotatable bonds is 12. The zero-order chi connectivity index (χ0) is 27.6. The van der Waals surface area contributed by atoms with Crippen LogP contribution in [-0.2, 0) is 16.0 Å². The molecular weight excluding hydrogens is 492 g/mol. The Balaban J connectivity index is 1.16. The van der Waals surface area contributed by atoms with Crippen LogP contribution in [0.25, 0.3) is 0 Å². The van der Waals surface area contributed by atoms with E-state index in [2.05, 4.69) is 18.0 Å². The molecule has 8 nitrogen and oxygen atoms in total. The minimum atomic E-state index is -0.532. The van der Waals surface area contributed by atoms with Crippen LogP contribution < -0.4 is 20.7 Å². The SMILES string of the molecule is C=CCC(N)C(=O)NCCCCCOc1ccc(C(=O)N2CCC(N3C(=O)CCc4ccccc43)CC2)cc1. The molecule has 1 unspecified atom stereocenters. The highest BCUT2D eigenvalue weighted by Gasteiger charge is 2.33. The Morgan fingerprint density at radius 2 is 1.79 bits per heavy atom. The summed E-state index contributed by atoms with van der Waals surface area (Å²) in [5.41, 5.74) is 8.64. The van der Waals surface area contributed by atoms with Crippen molar-refractivity contribution in [1.29, 1.82) is 0 Å². The maximum atomic E-state index is 13.1. The number of carbonyl (C=O) groups is 3. The zero-order valence-corrected chi connectivity index (χ0v) is 22.6. The quantitative estimate of drug-likeness (QED) is 0.319. The van der Waals surface area contributed by atoms with Crippen molar-refractivity contribution in [2.45, 2.75) is 63.5 Å². The highest BCUT2D eigenvalue weighted by molar-refractivity contribution is 5.97. The molecule has 4 rings (SSSR count). The molecule has 0 aromatic heterocycles. The van der Waals surface area contributed by atoms with Gasteiger partial charge < -0.3 is 25.6 Å². The number of unbranched alkanes of at least 4 members (excludes halogenated alkanes) is 2. The first-order valence-corrected chi connectivity index (χ1v) is 14.0. The number of nitrogens with two attached hydrogens (primary N) is 1. The molecule has 8 heteroatoms. The molecule has 3 N–H and O–H groups in total. The monoisotopic (exact) mass is 532 g/mol. The summed E-state index contributed by atoms with van der Waals surface area (Å²) in [5.74, 6) is 0.786. The van der Waals surface area contributed by atoms with Gasteiger partial charge in [0, 0.05) is 43.3 Å². The second-order valence-corrected chi connectivity index (χ2v) is 10.3. The third kappa shape index (κ3) is 7.47. The first-order valence-electron chi connectivity index (χ1n) is 14.0. The number of para-hydroxylation sites is 1. The summed E-state index contributed by atoms with van der Waals surface area (Å²) < 4.78 is 5.82. The van der Waals surface area contributed by atoms with Crippen LogP contribution in [0.2, 0.25) is 0 Å². The van der Waals surface area contributed by atoms with Crippen molar-refractivity contribution >= 4 is 23.4 Å². The Morgan fingerprint density at radius 3 is 2.54 bits per heavy atom. The summed E-state index contributed by atoms with van der Waals surface area (Å²) in [6.45, 7) is 6.03. The first-order chi connectivity index (χ1) is 19.0. The number of ether oxygens (including phenoxy) is 1. The Kier molecular flexibility index (Phi) is 10.1. The topological polar surface area (TPSA) is 105 Å². The summed E-state index contributed by atoms with van der Waals surface area (Å²) in [6.07, 6.45) is 7.68. The number of anilines is 1. The minimum absolute atomic E-state index is 0.0141. The third-order valence-electron chi connectivity index (χ3n) is 7.49. The van der Waals surface area contributed by atoms with Crippen molar-refractivity contribution in [1.82, 2.24) is 10.2 Å². The van der Waals surface area contributed by atoms with E-state index in [4.69, 9.17) is 10.5 Å². The Morgan fingerprint density at radius 1 is 1.05 bits per heavy atom. The van der Waals surface area contributed by atoms with E-state index in [1.807, 2.05) is 52.3 Å². The lowest BCUT2D eigenvalue weighted by Gasteiger charge is -2.41. The van der Waals surface area contributed by atoms with Gasteiger partial charge in [-0.25, -0.2) is 0 Å². The number of likely N-dealkylation sites (tertiary alicyclic amines) is 1. The van der Waals surface area contributed by atoms with Gasteiger partial charge in [0.15, 0.2) is 0 Å². The Hall–Kier alpha value is -3.65. The van der Waals surface area contributed by atoms with E-state index >= 15 is 0 Å². The molecule has 1 atom stereocenters. The van der Waals surface area contributed by atoms with Crippen molar-refractivity contribution in [3.8, 4) is 5.75 Å². The average molecular weight is 533 g/mol. The van der Waals surface area contributed by atoms with Gasteiger partial charge in [-0.1, -0.05) is 24.3 Å². The second kappa shape index (κ2) is 13.9. The molecule has 2 aliphatic heterocycles. The van der Waals surface area contributed by atoms with E-state index in [-0.39, 0.29) is 23.8 Å². The summed E-state index contributed by atoms with van der Waals surface area (Å²) >= 11 is 0. The minimum Gasteiger partial charge on any atom is -0.494 e. The predicted octanol–water partition coefficient (Wildman–Crippen LogP) is 3.84. The van der Waals surface area contributed by atoms with Crippen LogP contribution in [0, 0.1) is 0 Å². The van der Waals surface area contributed by atoms with Crippen LogP contribution in [0.15, 0.2) is 61.2 Å². The van der Waals surface area contributed by atoms with E-state index in [1.165, 1.54) is 5.56 Å². The molecule has 0 bridgehead atoms. The molecular formula is C31H40N4O4. The second-order valence-electron chi connectivity index (χ2n) is 10.3. The van der Waals surface area contributed by atoms with Crippen LogP contribution in [0.1, 0.15) is 60.9 Å². The first kappa shape index (κ1) is 28.4. The molecule has 0 saturated carbocycles. The molecule has 0 aliphatic carbocycles. The van der Waals surface area contributed by atoms with Crippen molar-refractivity contribution in [2.24, 2.45) is 5.73 Å². The van der Waals surface area contributed by atoms with Crippen LogP contribution in [-0.4, -0.2) is 60.9 Å². The van der Waals surface area contributed by atoms with E-state index in [1.54, 1.807) is 6.08 Å². The average Bonchev–Trinajstić information content (AvgIpc) is 2.96. The molecule has 39 heavy (non-hydrogen) atoms. The van der Waals surface area contributed by atoms with E-state index < -0.39 is 6.04 Å². The zero-order valence-electron chi connectivity index (χ0n) is 22.6. The van der Waals surface area contributed by atoms with Crippen LogP contribution in [0.4, 0.5) is 5.69 Å². The number of nitrogens with zero attached hydrogens (tertiary/aromatic N) is 2. The molecule has 1 fully saturated rings. The lowest BCUT2D eigenvalue weighted by atomic mass is 9.95. The number of hydrogen-bond donors (Lipinski definition) is 2.